The molecule has 0 spiro atoms. The molecule has 2 aromatic rings. The Balaban J connectivity index is 2.18. The fraction of sp³-hybridized carbons (Fsp3) is 0.308. The van der Waals surface area contributed by atoms with E-state index in [9.17, 15) is 0 Å². The van der Waals surface area contributed by atoms with E-state index in [1.807, 2.05) is 24.0 Å². The molecule has 1 N–H and O–H groups in total. The first kappa shape index (κ1) is 12.2. The van der Waals surface area contributed by atoms with Crippen molar-refractivity contribution in [2.45, 2.75) is 19.9 Å². The van der Waals surface area contributed by atoms with Crippen molar-refractivity contribution < 1.29 is 0 Å². The topological polar surface area (TPSA) is 29.9 Å². The van der Waals surface area contributed by atoms with Gasteiger partial charge in [-0.25, -0.2) is 4.98 Å². The zero-order valence-electron chi connectivity index (χ0n) is 10.2. The van der Waals surface area contributed by atoms with Crippen LogP contribution in [0, 0.1) is 6.92 Å². The number of hydrogen-bond acceptors (Lipinski definition) is 2. The van der Waals surface area contributed by atoms with Gasteiger partial charge in [-0.05, 0) is 37.6 Å². The van der Waals surface area contributed by atoms with Gasteiger partial charge in [0.1, 0.15) is 5.82 Å². The Morgan fingerprint density at radius 2 is 2.12 bits per heavy atom. The average Bonchev–Trinajstić information content (AvgIpc) is 2.62. The highest BCUT2D eigenvalue weighted by Gasteiger charge is 2.10. The lowest BCUT2D eigenvalue weighted by Crippen LogP contribution is -2.11. The van der Waals surface area contributed by atoms with Gasteiger partial charge in [-0.1, -0.05) is 15.9 Å². The molecule has 0 radical (unpaired) electrons. The van der Waals surface area contributed by atoms with Crippen LogP contribution in [0.15, 0.2) is 35.1 Å². The number of nitrogens with zero attached hydrogens (tertiary/aromatic N) is 2. The predicted molar refractivity (Wildman–Crippen MR) is 74.1 cm³/mol. The minimum absolute atomic E-state index is 0.184. The number of anilines is 1. The predicted octanol–water partition coefficient (Wildman–Crippen LogP) is 3.66. The molecule has 1 aromatic carbocycles. The van der Waals surface area contributed by atoms with Crippen LogP contribution in [0.2, 0.25) is 0 Å². The van der Waals surface area contributed by atoms with Crippen molar-refractivity contribution in [3.63, 3.8) is 0 Å². The van der Waals surface area contributed by atoms with Gasteiger partial charge in [-0.3, -0.25) is 0 Å². The maximum Gasteiger partial charge on any atom is 0.130 e. The van der Waals surface area contributed by atoms with E-state index in [0.717, 1.165) is 16.0 Å². The maximum absolute atomic E-state index is 4.35. The molecule has 1 atom stereocenters. The highest BCUT2D eigenvalue weighted by Crippen LogP contribution is 2.22. The molecule has 90 valence electrons. The molecule has 1 aromatic heterocycles. The second-order valence-electron chi connectivity index (χ2n) is 4.28. The van der Waals surface area contributed by atoms with E-state index in [2.05, 4.69) is 58.3 Å². The van der Waals surface area contributed by atoms with Crippen molar-refractivity contribution in [3.8, 4) is 0 Å². The van der Waals surface area contributed by atoms with Crippen molar-refractivity contribution in [1.29, 1.82) is 0 Å². The molecule has 0 bridgehead atoms. The van der Waals surface area contributed by atoms with Crippen LogP contribution in [0.25, 0.3) is 0 Å². The third-order valence-corrected chi connectivity index (χ3v) is 3.13. The number of aryl methyl sites for hydroxylation is 2. The summed E-state index contributed by atoms with van der Waals surface area (Å²) in [4.78, 5) is 4.35. The lowest BCUT2D eigenvalue weighted by atomic mass is 10.2. The summed E-state index contributed by atoms with van der Waals surface area (Å²) in [5, 5.41) is 3.45. The van der Waals surface area contributed by atoms with Crippen molar-refractivity contribution in [1.82, 2.24) is 9.55 Å². The number of hydrogen-bond donors (Lipinski definition) is 1. The highest BCUT2D eigenvalue weighted by molar-refractivity contribution is 9.10. The third kappa shape index (κ3) is 2.88. The molecule has 0 aliphatic rings. The van der Waals surface area contributed by atoms with Gasteiger partial charge in [0.2, 0.25) is 0 Å². The van der Waals surface area contributed by atoms with Crippen LogP contribution < -0.4 is 5.32 Å². The normalized spacial score (nSPS) is 12.5. The molecule has 0 aliphatic heterocycles. The molecule has 0 saturated carbocycles. The molecule has 0 fully saturated rings. The summed E-state index contributed by atoms with van der Waals surface area (Å²) in [7, 11) is 2.01. The van der Waals surface area contributed by atoms with E-state index in [4.69, 9.17) is 0 Å². The Labute approximate surface area is 110 Å². The summed E-state index contributed by atoms with van der Waals surface area (Å²) in [6, 6.07) is 6.48. The first-order chi connectivity index (χ1) is 8.06. The minimum Gasteiger partial charge on any atom is -0.375 e. The largest absolute Gasteiger partial charge is 0.375 e. The minimum atomic E-state index is 0.184. The summed E-state index contributed by atoms with van der Waals surface area (Å²) in [5.41, 5.74) is 2.33. The SMILES string of the molecule is Cc1cc(Br)cc(NC(C)c2nccn2C)c1. The lowest BCUT2D eigenvalue weighted by molar-refractivity contribution is 0.721. The molecule has 2 rings (SSSR count). The Morgan fingerprint density at radius 3 is 2.71 bits per heavy atom. The van der Waals surface area contributed by atoms with Gasteiger partial charge in [0, 0.05) is 29.6 Å². The average molecular weight is 294 g/mol. The Bertz CT molecular complexity index is 499. The van der Waals surface area contributed by atoms with Gasteiger partial charge < -0.3 is 9.88 Å². The number of benzene rings is 1. The van der Waals surface area contributed by atoms with Crippen molar-refractivity contribution in [2.24, 2.45) is 7.05 Å². The first-order valence-corrected chi connectivity index (χ1v) is 6.36. The van der Waals surface area contributed by atoms with E-state index in [1.165, 1.54) is 5.56 Å². The quantitative estimate of drug-likeness (QED) is 0.936. The molecule has 4 heteroatoms. The summed E-state index contributed by atoms with van der Waals surface area (Å²) in [6.45, 7) is 4.19. The third-order valence-electron chi connectivity index (χ3n) is 2.67. The van der Waals surface area contributed by atoms with E-state index < -0.39 is 0 Å². The number of rotatable bonds is 3. The molecule has 3 nitrogen and oxygen atoms in total. The van der Waals surface area contributed by atoms with Crippen LogP contribution in [0.5, 0.6) is 0 Å². The molecule has 1 unspecified atom stereocenters. The van der Waals surface area contributed by atoms with Crippen LogP contribution >= 0.6 is 15.9 Å². The molecule has 0 aliphatic carbocycles. The summed E-state index contributed by atoms with van der Waals surface area (Å²) >= 11 is 3.51. The second-order valence-corrected chi connectivity index (χ2v) is 5.20. The summed E-state index contributed by atoms with van der Waals surface area (Å²) in [6.07, 6.45) is 3.78. The van der Waals surface area contributed by atoms with Gasteiger partial charge in [-0.2, -0.15) is 0 Å². The van der Waals surface area contributed by atoms with Crippen molar-refractivity contribution >= 4 is 21.6 Å². The Morgan fingerprint density at radius 1 is 1.35 bits per heavy atom. The summed E-state index contributed by atoms with van der Waals surface area (Å²) < 4.78 is 3.12. The van der Waals surface area contributed by atoms with E-state index in [0.29, 0.717) is 0 Å². The molecule has 0 amide bonds. The Hall–Kier alpha value is -1.29. The van der Waals surface area contributed by atoms with Gasteiger partial charge in [0.05, 0.1) is 6.04 Å². The molecule has 1 heterocycles. The molecular weight excluding hydrogens is 278 g/mol. The second kappa shape index (κ2) is 4.92. The van der Waals surface area contributed by atoms with E-state index >= 15 is 0 Å². The zero-order valence-corrected chi connectivity index (χ0v) is 11.8. The zero-order chi connectivity index (χ0) is 12.4. The van der Waals surface area contributed by atoms with Crippen LogP contribution in [-0.2, 0) is 7.05 Å². The van der Waals surface area contributed by atoms with Gasteiger partial charge in [0.25, 0.3) is 0 Å². The highest BCUT2D eigenvalue weighted by atomic mass is 79.9. The standard InChI is InChI=1S/C13H16BrN3/c1-9-6-11(14)8-12(7-9)16-10(2)13-15-4-5-17(13)3/h4-8,10,16H,1-3H3. The smallest absolute Gasteiger partial charge is 0.130 e. The van der Waals surface area contributed by atoms with Crippen LogP contribution in [0.4, 0.5) is 5.69 Å². The van der Waals surface area contributed by atoms with E-state index in [-0.39, 0.29) is 6.04 Å². The summed E-state index contributed by atoms with van der Waals surface area (Å²) in [5.74, 6) is 1.03. The van der Waals surface area contributed by atoms with E-state index in [1.54, 1.807) is 0 Å². The number of halogens is 1. The van der Waals surface area contributed by atoms with Crippen LogP contribution in [-0.4, -0.2) is 9.55 Å². The monoisotopic (exact) mass is 293 g/mol. The van der Waals surface area contributed by atoms with Gasteiger partial charge >= 0.3 is 0 Å². The van der Waals surface area contributed by atoms with Gasteiger partial charge in [0.15, 0.2) is 0 Å². The van der Waals surface area contributed by atoms with Crippen LogP contribution in [0.3, 0.4) is 0 Å². The fourth-order valence-corrected chi connectivity index (χ4v) is 2.54. The molecule has 0 saturated heterocycles. The lowest BCUT2D eigenvalue weighted by Gasteiger charge is -2.15. The van der Waals surface area contributed by atoms with Crippen molar-refractivity contribution in [3.05, 3.63) is 46.5 Å². The fourth-order valence-electron chi connectivity index (χ4n) is 1.93. The van der Waals surface area contributed by atoms with Crippen LogP contribution in [0.1, 0.15) is 24.4 Å². The molecular formula is C13H16BrN3. The number of aromatic nitrogens is 2. The van der Waals surface area contributed by atoms with Gasteiger partial charge in [-0.15, -0.1) is 0 Å². The number of imidazole rings is 1. The molecule has 17 heavy (non-hydrogen) atoms. The first-order valence-electron chi connectivity index (χ1n) is 5.57. The maximum atomic E-state index is 4.35. The number of nitrogens with one attached hydrogen (secondary N) is 1. The van der Waals surface area contributed by atoms with Crippen molar-refractivity contribution in [2.75, 3.05) is 5.32 Å². The Kier molecular flexibility index (Phi) is 3.52.